The summed E-state index contributed by atoms with van der Waals surface area (Å²) in [5, 5.41) is 12.9. The Morgan fingerprint density at radius 1 is 1.00 bits per heavy atom. The number of benzene rings is 1. The second-order valence-electron chi connectivity index (χ2n) is 8.55. The molecule has 0 aliphatic carbocycles. The molecule has 2 heterocycles. The van der Waals surface area contributed by atoms with Gasteiger partial charge in [0.15, 0.2) is 6.04 Å². The molecule has 144 valence electrons. The van der Waals surface area contributed by atoms with E-state index in [0.29, 0.717) is 23.7 Å². The lowest BCUT2D eigenvalue weighted by Crippen LogP contribution is -2.86. The second-order valence-corrected chi connectivity index (χ2v) is 9.49. The summed E-state index contributed by atoms with van der Waals surface area (Å²) in [5.41, 5.74) is 2.87. The molecule has 0 aliphatic rings. The number of hydrogen-bond acceptors (Lipinski definition) is 4. The molecule has 0 spiro atoms. The zero-order valence-electron chi connectivity index (χ0n) is 17.1. The molecule has 0 saturated carbocycles. The first-order valence-electron chi connectivity index (χ1n) is 9.58. The molecular formula is C22H30N3OS+. The van der Waals surface area contributed by atoms with Gasteiger partial charge in [0.05, 0.1) is 4.88 Å². The molecule has 2 atom stereocenters. The highest BCUT2D eigenvalue weighted by Crippen LogP contribution is 2.27. The Labute approximate surface area is 166 Å². The lowest BCUT2D eigenvalue weighted by atomic mass is 9.85. The molecule has 0 unspecified atom stereocenters. The first-order valence-corrected chi connectivity index (χ1v) is 10.5. The highest BCUT2D eigenvalue weighted by atomic mass is 32.1. The van der Waals surface area contributed by atoms with Gasteiger partial charge in [-0.25, -0.2) is 0 Å². The lowest BCUT2D eigenvalue weighted by Gasteiger charge is -2.24. The van der Waals surface area contributed by atoms with Crippen LogP contribution in [0.3, 0.4) is 0 Å². The predicted molar refractivity (Wildman–Crippen MR) is 111 cm³/mol. The van der Waals surface area contributed by atoms with Gasteiger partial charge in [-0.3, -0.25) is 0 Å². The van der Waals surface area contributed by atoms with Gasteiger partial charge in [-0.05, 0) is 29.3 Å². The zero-order valence-corrected chi connectivity index (χ0v) is 17.9. The average Bonchev–Trinajstić information content (AvgIpc) is 3.29. The van der Waals surface area contributed by atoms with Gasteiger partial charge in [0.25, 0.3) is 11.8 Å². The molecule has 0 saturated heterocycles. The highest BCUT2D eigenvalue weighted by Gasteiger charge is 2.26. The predicted octanol–water partition coefficient (Wildman–Crippen LogP) is 5.12. The fourth-order valence-electron chi connectivity index (χ4n) is 3.24. The van der Waals surface area contributed by atoms with Crippen molar-refractivity contribution in [3.8, 4) is 10.8 Å². The van der Waals surface area contributed by atoms with E-state index in [0.717, 1.165) is 4.88 Å². The summed E-state index contributed by atoms with van der Waals surface area (Å²) in [6, 6.07) is 13.5. The van der Waals surface area contributed by atoms with Crippen LogP contribution in [0.15, 0.2) is 46.2 Å². The summed E-state index contributed by atoms with van der Waals surface area (Å²) >= 11 is 1.61. The summed E-state index contributed by atoms with van der Waals surface area (Å²) < 4.78 is 5.93. The van der Waals surface area contributed by atoms with Gasteiger partial charge in [-0.15, -0.1) is 21.5 Å². The number of hydrogen-bond donors (Lipinski definition) is 1. The molecule has 1 aromatic carbocycles. The van der Waals surface area contributed by atoms with E-state index in [1.54, 1.807) is 11.3 Å². The summed E-state index contributed by atoms with van der Waals surface area (Å²) in [7, 11) is 0. The van der Waals surface area contributed by atoms with Gasteiger partial charge < -0.3 is 9.73 Å². The van der Waals surface area contributed by atoms with E-state index >= 15 is 0 Å². The van der Waals surface area contributed by atoms with E-state index in [4.69, 9.17) is 4.42 Å². The largest absolute Gasteiger partial charge is 0.414 e. The average molecular weight is 385 g/mol. The molecule has 0 aliphatic heterocycles. The van der Waals surface area contributed by atoms with Crippen molar-refractivity contribution in [1.29, 1.82) is 0 Å². The molecule has 2 N–H and O–H groups in total. The minimum Gasteiger partial charge on any atom is -0.414 e. The van der Waals surface area contributed by atoms with Gasteiger partial charge in [0, 0.05) is 11.5 Å². The minimum atomic E-state index is 0.0981. The maximum Gasteiger partial charge on any atom is 0.274 e. The topological polar surface area (TPSA) is 55.5 Å². The van der Waals surface area contributed by atoms with Crippen molar-refractivity contribution in [2.24, 2.45) is 5.92 Å². The first-order chi connectivity index (χ1) is 12.8. The van der Waals surface area contributed by atoms with Crippen LogP contribution >= 0.6 is 11.3 Å². The molecule has 5 heteroatoms. The van der Waals surface area contributed by atoms with Crippen LogP contribution in [0.4, 0.5) is 0 Å². The third-order valence-electron chi connectivity index (χ3n) is 4.94. The van der Waals surface area contributed by atoms with Crippen molar-refractivity contribution in [2.75, 3.05) is 0 Å². The van der Waals surface area contributed by atoms with Crippen LogP contribution in [-0.4, -0.2) is 10.2 Å². The van der Waals surface area contributed by atoms with Crippen molar-refractivity contribution in [3.63, 3.8) is 0 Å². The standard InChI is InChI=1S/C22H29N3OS/c1-14(2)19(16-9-11-17(12-10-16)22(4,5)6)23-15(3)20-24-25-21(26-20)18-8-7-13-27-18/h7-15,19,23H,1-6H3/p+1/t15-,19-/m0/s1. The van der Waals surface area contributed by atoms with E-state index in [1.165, 1.54) is 11.1 Å². The number of quaternary nitrogens is 1. The van der Waals surface area contributed by atoms with Crippen molar-refractivity contribution >= 4 is 11.3 Å². The molecule has 0 radical (unpaired) electrons. The minimum absolute atomic E-state index is 0.0981. The quantitative estimate of drug-likeness (QED) is 0.642. The van der Waals surface area contributed by atoms with Crippen molar-refractivity contribution in [2.45, 2.75) is 59.0 Å². The maximum absolute atomic E-state index is 5.93. The molecule has 3 rings (SSSR count). The summed E-state index contributed by atoms with van der Waals surface area (Å²) in [5.74, 6) is 1.78. The van der Waals surface area contributed by atoms with E-state index in [-0.39, 0.29) is 11.5 Å². The second kappa shape index (κ2) is 7.95. The van der Waals surface area contributed by atoms with Gasteiger partial charge in [0.1, 0.15) is 6.04 Å². The Bertz CT molecular complexity index is 845. The number of nitrogens with two attached hydrogens (primary N) is 1. The Morgan fingerprint density at radius 2 is 1.70 bits per heavy atom. The van der Waals surface area contributed by atoms with Gasteiger partial charge in [-0.2, -0.15) is 0 Å². The van der Waals surface area contributed by atoms with Crippen LogP contribution in [0, 0.1) is 5.92 Å². The van der Waals surface area contributed by atoms with Crippen LogP contribution < -0.4 is 5.32 Å². The van der Waals surface area contributed by atoms with E-state index in [2.05, 4.69) is 81.3 Å². The first kappa shape index (κ1) is 19.8. The van der Waals surface area contributed by atoms with Crippen LogP contribution in [-0.2, 0) is 5.41 Å². The van der Waals surface area contributed by atoms with E-state index in [9.17, 15) is 0 Å². The summed E-state index contributed by atoms with van der Waals surface area (Å²) in [4.78, 5) is 1.01. The SMILES string of the molecule is CC(C)[C@H]([NH2+][C@@H](C)c1nnc(-c2cccs2)o1)c1ccc(C(C)(C)C)cc1. The van der Waals surface area contributed by atoms with Crippen molar-refractivity contribution < 1.29 is 9.73 Å². The molecule has 4 nitrogen and oxygen atoms in total. The van der Waals surface area contributed by atoms with E-state index < -0.39 is 0 Å². The molecule has 0 fully saturated rings. The van der Waals surface area contributed by atoms with Crippen LogP contribution in [0.2, 0.25) is 0 Å². The van der Waals surface area contributed by atoms with Crippen LogP contribution in [0.5, 0.6) is 0 Å². The van der Waals surface area contributed by atoms with Crippen molar-refractivity contribution in [1.82, 2.24) is 10.2 Å². The zero-order chi connectivity index (χ0) is 19.6. The van der Waals surface area contributed by atoms with Gasteiger partial charge in [0.2, 0.25) is 0 Å². The van der Waals surface area contributed by atoms with E-state index in [1.807, 2.05) is 17.5 Å². The monoisotopic (exact) mass is 384 g/mol. The van der Waals surface area contributed by atoms with Crippen LogP contribution in [0.25, 0.3) is 10.8 Å². The van der Waals surface area contributed by atoms with Crippen molar-refractivity contribution in [3.05, 3.63) is 58.8 Å². The fourth-order valence-corrected chi connectivity index (χ4v) is 3.88. The number of aromatic nitrogens is 2. The number of thiophene rings is 1. The Morgan fingerprint density at radius 3 is 2.26 bits per heavy atom. The van der Waals surface area contributed by atoms with Gasteiger partial charge >= 0.3 is 0 Å². The Balaban J connectivity index is 1.76. The third-order valence-corrected chi connectivity index (χ3v) is 5.80. The molecule has 27 heavy (non-hydrogen) atoms. The molecule has 0 bridgehead atoms. The third kappa shape index (κ3) is 4.66. The summed E-state index contributed by atoms with van der Waals surface area (Å²) in [6.45, 7) is 13.4. The number of rotatable bonds is 6. The maximum atomic E-state index is 5.93. The molecule has 3 aromatic rings. The van der Waals surface area contributed by atoms with Gasteiger partial charge in [-0.1, -0.05) is 65.0 Å². The Kier molecular flexibility index (Phi) is 5.82. The fraction of sp³-hybridized carbons (Fsp3) is 0.455. The molecule has 2 aromatic heterocycles. The molecule has 0 amide bonds. The molecular weight excluding hydrogens is 354 g/mol. The van der Waals surface area contributed by atoms with Crippen LogP contribution in [0.1, 0.15) is 70.6 Å². The lowest BCUT2D eigenvalue weighted by molar-refractivity contribution is -0.739. The summed E-state index contributed by atoms with van der Waals surface area (Å²) in [6.07, 6.45) is 0. The number of nitrogens with zero attached hydrogens (tertiary/aromatic N) is 2. The normalized spacial score (nSPS) is 14.5. The Hall–Kier alpha value is -1.98. The smallest absolute Gasteiger partial charge is 0.274 e. The highest BCUT2D eigenvalue weighted by molar-refractivity contribution is 7.13.